The summed E-state index contributed by atoms with van der Waals surface area (Å²) in [5.74, 6) is 0.948. The fraction of sp³-hybridized carbons (Fsp3) is 0.200. The van der Waals surface area contributed by atoms with Crippen molar-refractivity contribution in [1.82, 2.24) is 14.5 Å². The van der Waals surface area contributed by atoms with Crippen molar-refractivity contribution in [3.63, 3.8) is 0 Å². The molecule has 0 spiro atoms. The van der Waals surface area contributed by atoms with E-state index >= 15 is 0 Å². The molecule has 10 heteroatoms. The van der Waals surface area contributed by atoms with Crippen molar-refractivity contribution in [2.24, 2.45) is 0 Å². The van der Waals surface area contributed by atoms with Gasteiger partial charge in [0.05, 0.1) is 30.9 Å². The molecule has 0 unspecified atom stereocenters. The number of nitrogens with zero attached hydrogens (tertiary/aromatic N) is 3. The Morgan fingerprint density at radius 2 is 1.83 bits per heavy atom. The van der Waals surface area contributed by atoms with Gasteiger partial charge in [0, 0.05) is 29.6 Å². The number of rotatable bonds is 7. The Bertz CT molecular complexity index is 1410. The van der Waals surface area contributed by atoms with Crippen LogP contribution in [0, 0.1) is 0 Å². The molecule has 0 fully saturated rings. The van der Waals surface area contributed by atoms with Crippen LogP contribution in [0.4, 0.5) is 22.0 Å². The van der Waals surface area contributed by atoms with Crippen LogP contribution in [0.25, 0.3) is 11.0 Å². The predicted octanol–water partition coefficient (Wildman–Crippen LogP) is 4.49. The van der Waals surface area contributed by atoms with Gasteiger partial charge in [0.1, 0.15) is 29.3 Å². The number of ether oxygens (including phenoxy) is 2. The van der Waals surface area contributed by atoms with E-state index in [0.717, 1.165) is 0 Å². The smallest absolute Gasteiger partial charge is 0.323 e. The molecule has 2 amide bonds. The van der Waals surface area contributed by atoms with Gasteiger partial charge in [0.25, 0.3) is 0 Å². The highest BCUT2D eigenvalue weighted by molar-refractivity contribution is 6.18. The topological polar surface area (TPSA) is 133 Å². The van der Waals surface area contributed by atoms with Crippen molar-refractivity contribution in [3.8, 4) is 11.5 Å². The van der Waals surface area contributed by atoms with Crippen LogP contribution < -0.4 is 25.8 Å². The summed E-state index contributed by atoms with van der Waals surface area (Å²) in [7, 11) is 3.03. The van der Waals surface area contributed by atoms with Crippen LogP contribution in [0.1, 0.15) is 35.8 Å². The van der Waals surface area contributed by atoms with E-state index < -0.39 is 6.03 Å². The minimum Gasteiger partial charge on any atom is -0.497 e. The summed E-state index contributed by atoms with van der Waals surface area (Å²) >= 11 is 0. The van der Waals surface area contributed by atoms with Gasteiger partial charge >= 0.3 is 6.03 Å². The van der Waals surface area contributed by atoms with Gasteiger partial charge in [-0.2, -0.15) is 0 Å². The first-order valence-electron chi connectivity index (χ1n) is 10.9. The lowest BCUT2D eigenvalue weighted by molar-refractivity contribution is 0.104. The molecule has 0 saturated carbocycles. The maximum absolute atomic E-state index is 13.5. The maximum Gasteiger partial charge on any atom is 0.323 e. The number of hydrogen-bond acceptors (Lipinski definition) is 7. The van der Waals surface area contributed by atoms with Crippen molar-refractivity contribution in [2.45, 2.75) is 19.9 Å². The fourth-order valence-electron chi connectivity index (χ4n) is 3.76. The number of urea groups is 1. The molecule has 2 heterocycles. The molecule has 4 aromatic rings. The van der Waals surface area contributed by atoms with E-state index in [9.17, 15) is 9.59 Å². The minimum atomic E-state index is -0.504. The monoisotopic (exact) mass is 474 g/mol. The summed E-state index contributed by atoms with van der Waals surface area (Å²) in [5.41, 5.74) is 8.29. The first-order valence-corrected chi connectivity index (χ1v) is 10.9. The van der Waals surface area contributed by atoms with E-state index in [4.69, 9.17) is 15.2 Å². The van der Waals surface area contributed by atoms with Gasteiger partial charge in [0.2, 0.25) is 0 Å². The molecule has 0 saturated heterocycles. The highest BCUT2D eigenvalue weighted by Gasteiger charge is 2.22. The second-order valence-electron chi connectivity index (χ2n) is 8.06. The number of nitrogens with one attached hydrogen (secondary N) is 2. The number of benzene rings is 2. The molecule has 0 bridgehead atoms. The van der Waals surface area contributed by atoms with Crippen LogP contribution in [0.15, 0.2) is 55.0 Å². The molecule has 0 aliphatic heterocycles. The first kappa shape index (κ1) is 23.6. The van der Waals surface area contributed by atoms with Gasteiger partial charge in [-0.05, 0) is 44.2 Å². The van der Waals surface area contributed by atoms with Crippen LogP contribution in [0.2, 0.25) is 0 Å². The first-order chi connectivity index (χ1) is 16.8. The van der Waals surface area contributed by atoms with E-state index in [1.54, 1.807) is 55.8 Å². The standard InChI is InChI=1S/C25H26N6O4/c1-14(2)31-12-18(21-23(26)27-13-28-24(21)31)22(32)15-8-9-20(35-4)19(10-15)30-25(33)29-16-6-5-7-17(11-16)34-3/h5-14H,1-4H3,(H2,26,27,28)(H2,29,30,33). The molecule has 10 nitrogen and oxygen atoms in total. The van der Waals surface area contributed by atoms with E-state index in [1.807, 2.05) is 18.4 Å². The Balaban J connectivity index is 1.66. The number of ketones is 1. The second-order valence-corrected chi connectivity index (χ2v) is 8.06. The summed E-state index contributed by atoms with van der Waals surface area (Å²) in [6.07, 6.45) is 3.11. The maximum atomic E-state index is 13.5. The lowest BCUT2D eigenvalue weighted by Crippen LogP contribution is -2.20. The Morgan fingerprint density at radius 1 is 1.03 bits per heavy atom. The fourth-order valence-corrected chi connectivity index (χ4v) is 3.76. The van der Waals surface area contributed by atoms with Gasteiger partial charge in [-0.15, -0.1) is 0 Å². The number of methoxy groups -OCH3 is 2. The lowest BCUT2D eigenvalue weighted by Gasteiger charge is -2.13. The number of carbonyl (C=O) groups is 2. The molecule has 0 aliphatic rings. The molecule has 2 aromatic carbocycles. The predicted molar refractivity (Wildman–Crippen MR) is 134 cm³/mol. The molecule has 4 rings (SSSR count). The zero-order valence-electron chi connectivity index (χ0n) is 19.8. The normalized spacial score (nSPS) is 10.9. The zero-order valence-corrected chi connectivity index (χ0v) is 19.8. The number of nitrogen functional groups attached to an aromatic ring is 1. The summed E-state index contributed by atoms with van der Waals surface area (Å²) in [6, 6.07) is 11.3. The zero-order chi connectivity index (χ0) is 25.1. The molecule has 0 atom stereocenters. The van der Waals surface area contributed by atoms with Gasteiger partial charge in [-0.3, -0.25) is 4.79 Å². The van der Waals surface area contributed by atoms with Crippen LogP contribution in [0.5, 0.6) is 11.5 Å². The largest absolute Gasteiger partial charge is 0.497 e. The number of carbonyl (C=O) groups excluding carboxylic acids is 2. The minimum absolute atomic E-state index is 0.0572. The third kappa shape index (κ3) is 4.72. The Morgan fingerprint density at radius 3 is 2.54 bits per heavy atom. The third-order valence-electron chi connectivity index (χ3n) is 5.48. The van der Waals surface area contributed by atoms with E-state index in [-0.39, 0.29) is 17.6 Å². The van der Waals surface area contributed by atoms with Crippen LogP contribution in [0.3, 0.4) is 0 Å². The number of nitrogens with two attached hydrogens (primary N) is 1. The summed E-state index contributed by atoms with van der Waals surface area (Å²) in [4.78, 5) is 34.6. The number of hydrogen-bond donors (Lipinski definition) is 3. The van der Waals surface area contributed by atoms with Crippen LogP contribution in [-0.4, -0.2) is 40.6 Å². The molecular weight excluding hydrogens is 448 g/mol. The number of anilines is 3. The second kappa shape index (κ2) is 9.72. The van der Waals surface area contributed by atoms with Crippen molar-refractivity contribution in [2.75, 3.05) is 30.6 Å². The van der Waals surface area contributed by atoms with E-state index in [1.165, 1.54) is 13.4 Å². The highest BCUT2D eigenvalue weighted by atomic mass is 16.5. The summed E-state index contributed by atoms with van der Waals surface area (Å²) in [6.45, 7) is 3.98. The molecule has 35 heavy (non-hydrogen) atoms. The van der Waals surface area contributed by atoms with Crippen molar-refractivity contribution >= 4 is 40.0 Å². The SMILES string of the molecule is COc1cccc(NC(=O)Nc2cc(C(=O)c3cn(C(C)C)c4ncnc(N)c34)ccc2OC)c1. The van der Waals surface area contributed by atoms with Crippen molar-refractivity contribution in [1.29, 1.82) is 0 Å². The van der Waals surface area contributed by atoms with Crippen LogP contribution in [-0.2, 0) is 0 Å². The Kier molecular flexibility index (Phi) is 6.54. The number of aromatic nitrogens is 3. The molecule has 0 aliphatic carbocycles. The molecular formula is C25H26N6O4. The van der Waals surface area contributed by atoms with Gasteiger partial charge in [-0.25, -0.2) is 14.8 Å². The molecule has 180 valence electrons. The van der Waals surface area contributed by atoms with E-state index in [2.05, 4.69) is 20.6 Å². The number of fused-ring (bicyclic) bond motifs is 1. The quantitative estimate of drug-likeness (QED) is 0.336. The summed E-state index contributed by atoms with van der Waals surface area (Å²) in [5, 5.41) is 5.97. The lowest BCUT2D eigenvalue weighted by atomic mass is 10.0. The Labute approximate surface area is 202 Å². The van der Waals surface area contributed by atoms with Gasteiger partial charge in [-0.1, -0.05) is 6.07 Å². The Hall–Kier alpha value is -4.60. The van der Waals surface area contributed by atoms with Gasteiger partial charge in [0.15, 0.2) is 5.78 Å². The van der Waals surface area contributed by atoms with Crippen molar-refractivity contribution in [3.05, 3.63) is 66.1 Å². The molecule has 4 N–H and O–H groups in total. The molecule has 2 aromatic heterocycles. The highest BCUT2D eigenvalue weighted by Crippen LogP contribution is 2.31. The third-order valence-corrected chi connectivity index (χ3v) is 5.48. The molecule has 0 radical (unpaired) electrons. The van der Waals surface area contributed by atoms with E-state index in [0.29, 0.717) is 45.0 Å². The summed E-state index contributed by atoms with van der Waals surface area (Å²) < 4.78 is 12.4. The number of amides is 2. The average molecular weight is 475 g/mol. The average Bonchev–Trinajstić information content (AvgIpc) is 3.25. The van der Waals surface area contributed by atoms with Crippen molar-refractivity contribution < 1.29 is 19.1 Å². The van der Waals surface area contributed by atoms with Crippen LogP contribution >= 0.6 is 0 Å². The van der Waals surface area contributed by atoms with Gasteiger partial charge < -0.3 is 30.4 Å².